The molecular formula is C24H22N4. The third kappa shape index (κ3) is 3.22. The van der Waals surface area contributed by atoms with Gasteiger partial charge in [-0.25, -0.2) is 15.0 Å². The zero-order valence-corrected chi connectivity index (χ0v) is 15.8. The van der Waals surface area contributed by atoms with Gasteiger partial charge < -0.3 is 4.90 Å². The molecule has 5 rings (SSSR count). The summed E-state index contributed by atoms with van der Waals surface area (Å²) in [6.07, 6.45) is 5.74. The van der Waals surface area contributed by atoms with Crippen molar-refractivity contribution in [3.05, 3.63) is 72.9 Å². The SMILES string of the molecule is c1ccc(-c2nc3cc(N4CCCCC4)cnc3nc2-c2ccccc2)cc1. The van der Waals surface area contributed by atoms with Crippen molar-refractivity contribution in [1.82, 2.24) is 15.0 Å². The average molecular weight is 366 g/mol. The molecule has 28 heavy (non-hydrogen) atoms. The van der Waals surface area contributed by atoms with Gasteiger partial charge >= 0.3 is 0 Å². The fraction of sp³-hybridized carbons (Fsp3) is 0.208. The summed E-state index contributed by atoms with van der Waals surface area (Å²) in [5.41, 5.74) is 6.58. The molecule has 2 aromatic heterocycles. The maximum atomic E-state index is 5.03. The van der Waals surface area contributed by atoms with Crippen LogP contribution in [0, 0.1) is 0 Å². The van der Waals surface area contributed by atoms with Crippen LogP contribution >= 0.6 is 0 Å². The molecule has 1 aliphatic rings. The molecule has 1 saturated heterocycles. The van der Waals surface area contributed by atoms with Gasteiger partial charge in [-0.1, -0.05) is 60.7 Å². The minimum Gasteiger partial charge on any atom is -0.370 e. The van der Waals surface area contributed by atoms with Crippen LogP contribution < -0.4 is 4.90 Å². The van der Waals surface area contributed by atoms with E-state index in [1.54, 1.807) is 0 Å². The maximum Gasteiger partial charge on any atom is 0.178 e. The molecule has 0 saturated carbocycles. The van der Waals surface area contributed by atoms with Crippen LogP contribution in [0.2, 0.25) is 0 Å². The number of aromatic nitrogens is 3. The van der Waals surface area contributed by atoms with Crippen LogP contribution in [0.3, 0.4) is 0 Å². The van der Waals surface area contributed by atoms with Crippen LogP contribution in [0.15, 0.2) is 72.9 Å². The average Bonchev–Trinajstić information content (AvgIpc) is 2.79. The van der Waals surface area contributed by atoms with E-state index in [0.717, 1.165) is 46.8 Å². The largest absolute Gasteiger partial charge is 0.370 e. The Labute approximate surface area is 164 Å². The standard InChI is InChI=1S/C24H22N4/c1-4-10-18(11-5-1)22-23(19-12-6-2-7-13-19)27-24-21(26-22)16-20(17-25-24)28-14-8-3-9-15-28/h1-2,4-7,10-13,16-17H,3,8-9,14-15H2. The number of anilines is 1. The third-order valence-electron chi connectivity index (χ3n) is 5.32. The van der Waals surface area contributed by atoms with Gasteiger partial charge in [0.2, 0.25) is 0 Å². The minimum absolute atomic E-state index is 0.694. The Morgan fingerprint density at radius 3 is 1.93 bits per heavy atom. The first-order valence-electron chi connectivity index (χ1n) is 9.92. The molecule has 0 unspecified atom stereocenters. The molecule has 0 radical (unpaired) electrons. The molecule has 0 amide bonds. The Bertz CT molecular complexity index is 1090. The van der Waals surface area contributed by atoms with Gasteiger partial charge in [0.1, 0.15) is 5.52 Å². The number of hydrogen-bond acceptors (Lipinski definition) is 4. The molecule has 138 valence electrons. The number of hydrogen-bond donors (Lipinski definition) is 0. The number of nitrogens with zero attached hydrogens (tertiary/aromatic N) is 4. The van der Waals surface area contributed by atoms with Gasteiger partial charge in [0.05, 0.1) is 23.3 Å². The molecule has 0 N–H and O–H groups in total. The summed E-state index contributed by atoms with van der Waals surface area (Å²) < 4.78 is 0. The first-order chi connectivity index (χ1) is 13.9. The van der Waals surface area contributed by atoms with Gasteiger partial charge in [0.15, 0.2) is 5.65 Å². The summed E-state index contributed by atoms with van der Waals surface area (Å²) in [6, 6.07) is 22.6. The van der Waals surface area contributed by atoms with Crippen LogP contribution in [-0.4, -0.2) is 28.0 Å². The maximum absolute atomic E-state index is 5.03. The second kappa shape index (κ2) is 7.39. The van der Waals surface area contributed by atoms with Crippen molar-refractivity contribution in [1.29, 1.82) is 0 Å². The number of benzene rings is 2. The van der Waals surface area contributed by atoms with E-state index in [-0.39, 0.29) is 0 Å². The first kappa shape index (κ1) is 16.9. The van der Waals surface area contributed by atoms with Gasteiger partial charge in [-0.3, -0.25) is 0 Å². The minimum atomic E-state index is 0.694. The molecule has 3 heterocycles. The van der Waals surface area contributed by atoms with Crippen molar-refractivity contribution in [2.45, 2.75) is 19.3 Å². The Balaban J connectivity index is 1.68. The molecule has 0 atom stereocenters. The lowest BCUT2D eigenvalue weighted by Gasteiger charge is -2.28. The summed E-state index contributed by atoms with van der Waals surface area (Å²) >= 11 is 0. The number of piperidine rings is 1. The van der Waals surface area contributed by atoms with Crippen molar-refractivity contribution in [3.63, 3.8) is 0 Å². The molecule has 0 bridgehead atoms. The highest BCUT2D eigenvalue weighted by Gasteiger charge is 2.16. The van der Waals surface area contributed by atoms with E-state index < -0.39 is 0 Å². The topological polar surface area (TPSA) is 41.9 Å². The van der Waals surface area contributed by atoms with Crippen LogP contribution in [0.5, 0.6) is 0 Å². The monoisotopic (exact) mass is 366 g/mol. The van der Waals surface area contributed by atoms with Crippen LogP contribution in [-0.2, 0) is 0 Å². The number of pyridine rings is 1. The van der Waals surface area contributed by atoms with E-state index in [2.05, 4.69) is 40.2 Å². The molecule has 1 aliphatic heterocycles. The van der Waals surface area contributed by atoms with Crippen molar-refractivity contribution in [3.8, 4) is 22.5 Å². The van der Waals surface area contributed by atoms with E-state index in [9.17, 15) is 0 Å². The van der Waals surface area contributed by atoms with Gasteiger partial charge in [-0.05, 0) is 25.3 Å². The fourth-order valence-electron chi connectivity index (χ4n) is 3.86. The van der Waals surface area contributed by atoms with Crippen molar-refractivity contribution >= 4 is 16.9 Å². The Morgan fingerprint density at radius 2 is 1.29 bits per heavy atom. The Morgan fingerprint density at radius 1 is 0.679 bits per heavy atom. The lowest BCUT2D eigenvalue weighted by atomic mass is 10.0. The molecule has 4 aromatic rings. The van der Waals surface area contributed by atoms with E-state index in [4.69, 9.17) is 9.97 Å². The zero-order chi connectivity index (χ0) is 18.8. The summed E-state index contributed by atoms with van der Waals surface area (Å²) in [7, 11) is 0. The van der Waals surface area contributed by atoms with Crippen molar-refractivity contribution in [2.75, 3.05) is 18.0 Å². The van der Waals surface area contributed by atoms with Gasteiger partial charge in [0.25, 0.3) is 0 Å². The summed E-state index contributed by atoms with van der Waals surface area (Å²) in [4.78, 5) is 17.0. The molecule has 4 nitrogen and oxygen atoms in total. The quantitative estimate of drug-likeness (QED) is 0.490. The fourth-order valence-corrected chi connectivity index (χ4v) is 3.86. The van der Waals surface area contributed by atoms with E-state index in [0.29, 0.717) is 5.65 Å². The molecule has 0 aliphatic carbocycles. The molecule has 1 fully saturated rings. The summed E-state index contributed by atoms with van der Waals surface area (Å²) in [5, 5.41) is 0. The third-order valence-corrected chi connectivity index (χ3v) is 5.32. The highest BCUT2D eigenvalue weighted by atomic mass is 15.1. The summed E-state index contributed by atoms with van der Waals surface area (Å²) in [6.45, 7) is 2.18. The van der Waals surface area contributed by atoms with E-state index >= 15 is 0 Å². The number of rotatable bonds is 3. The lowest BCUT2D eigenvalue weighted by molar-refractivity contribution is 0.577. The molecule has 0 spiro atoms. The zero-order valence-electron chi connectivity index (χ0n) is 15.8. The first-order valence-corrected chi connectivity index (χ1v) is 9.92. The smallest absolute Gasteiger partial charge is 0.178 e. The predicted octanol–water partition coefficient (Wildman–Crippen LogP) is 5.35. The normalized spacial score (nSPS) is 14.4. The van der Waals surface area contributed by atoms with E-state index in [1.165, 1.54) is 19.3 Å². The molecule has 4 heteroatoms. The van der Waals surface area contributed by atoms with Gasteiger partial charge in [-0.2, -0.15) is 0 Å². The van der Waals surface area contributed by atoms with Crippen molar-refractivity contribution < 1.29 is 0 Å². The summed E-state index contributed by atoms with van der Waals surface area (Å²) in [5.74, 6) is 0. The molecule has 2 aromatic carbocycles. The van der Waals surface area contributed by atoms with Crippen molar-refractivity contribution in [2.24, 2.45) is 0 Å². The highest BCUT2D eigenvalue weighted by molar-refractivity contribution is 5.85. The van der Waals surface area contributed by atoms with Crippen LogP contribution in [0.25, 0.3) is 33.7 Å². The second-order valence-corrected chi connectivity index (χ2v) is 7.24. The van der Waals surface area contributed by atoms with Crippen LogP contribution in [0.1, 0.15) is 19.3 Å². The van der Waals surface area contributed by atoms with Gasteiger partial charge in [-0.15, -0.1) is 0 Å². The number of fused-ring (bicyclic) bond motifs is 1. The van der Waals surface area contributed by atoms with E-state index in [1.807, 2.05) is 42.6 Å². The van der Waals surface area contributed by atoms with Gasteiger partial charge in [0, 0.05) is 24.2 Å². The predicted molar refractivity (Wildman–Crippen MR) is 114 cm³/mol. The second-order valence-electron chi connectivity index (χ2n) is 7.24. The lowest BCUT2D eigenvalue weighted by Crippen LogP contribution is -2.29. The Hall–Kier alpha value is -3.27. The van der Waals surface area contributed by atoms with Crippen LogP contribution in [0.4, 0.5) is 5.69 Å². The highest BCUT2D eigenvalue weighted by Crippen LogP contribution is 2.31. The molecular weight excluding hydrogens is 344 g/mol. The Kier molecular flexibility index (Phi) is 4.45.